The Hall–Kier alpha value is -3.30. The van der Waals surface area contributed by atoms with Crippen molar-refractivity contribution in [2.45, 2.75) is 91.6 Å². The fraction of sp³-hybridized carbons (Fsp3) is 0.600. The third-order valence-electron chi connectivity index (χ3n) is 3.91. The van der Waals surface area contributed by atoms with E-state index in [-0.39, 0.29) is 12.2 Å². The van der Waals surface area contributed by atoms with Crippen molar-refractivity contribution in [3.05, 3.63) is 29.8 Å². The summed E-state index contributed by atoms with van der Waals surface area (Å²) in [6, 6.07) is 4.79. The molecule has 0 saturated heterocycles. The van der Waals surface area contributed by atoms with E-state index in [1.165, 1.54) is 12.1 Å². The Bertz CT molecular complexity index is 875. The predicted octanol–water partition coefficient (Wildman–Crippen LogP) is 5.26. The second-order valence-corrected chi connectivity index (χ2v) is 10.8. The van der Waals surface area contributed by atoms with Crippen molar-refractivity contribution in [3.63, 3.8) is 0 Å². The van der Waals surface area contributed by atoms with E-state index in [0.717, 1.165) is 7.11 Å². The van der Waals surface area contributed by atoms with Gasteiger partial charge in [-0.05, 0) is 80.0 Å². The van der Waals surface area contributed by atoms with Gasteiger partial charge in [-0.1, -0.05) is 12.1 Å². The lowest BCUT2D eigenvalue weighted by molar-refractivity contribution is -0.146. The highest BCUT2D eigenvalue weighted by molar-refractivity contribution is 5.94. The van der Waals surface area contributed by atoms with Gasteiger partial charge >= 0.3 is 24.3 Å². The number of hydrogen-bond acceptors (Lipinski definition) is 9. The number of hydrogen-bond donors (Lipinski definition) is 0. The van der Waals surface area contributed by atoms with E-state index in [9.17, 15) is 19.2 Å². The minimum atomic E-state index is -1.37. The molecule has 1 aromatic carbocycles. The number of ether oxygens (including phenoxy) is 5. The highest BCUT2D eigenvalue weighted by Gasteiger charge is 2.41. The van der Waals surface area contributed by atoms with Gasteiger partial charge in [0.05, 0.1) is 7.11 Å². The highest BCUT2D eigenvalue weighted by atomic mass is 16.7. The first-order valence-corrected chi connectivity index (χ1v) is 11.1. The Kier molecular flexibility index (Phi) is 9.70. The van der Waals surface area contributed by atoms with Gasteiger partial charge in [-0.25, -0.2) is 19.2 Å². The average molecular weight is 496 g/mol. The zero-order valence-corrected chi connectivity index (χ0v) is 22.2. The second-order valence-electron chi connectivity index (χ2n) is 10.8. The number of nitrogens with zero attached hydrogens (tertiary/aromatic N) is 1. The van der Waals surface area contributed by atoms with Crippen LogP contribution in [0.4, 0.5) is 14.4 Å². The van der Waals surface area contributed by atoms with Crippen molar-refractivity contribution in [1.82, 2.24) is 4.90 Å². The van der Waals surface area contributed by atoms with Crippen LogP contribution in [0.2, 0.25) is 0 Å². The van der Waals surface area contributed by atoms with Crippen molar-refractivity contribution in [2.24, 2.45) is 0 Å². The summed E-state index contributed by atoms with van der Waals surface area (Å²) in [7, 11) is 1.15. The molecule has 0 aliphatic rings. The number of benzene rings is 1. The zero-order valence-electron chi connectivity index (χ0n) is 22.2. The molecule has 1 rings (SSSR count). The minimum Gasteiger partial charge on any atom is -0.467 e. The number of rotatable bonds is 5. The number of carbonyl (C=O) groups excluding carboxylic acids is 4. The maximum atomic E-state index is 13.0. The van der Waals surface area contributed by atoms with Crippen LogP contribution in [0, 0.1) is 0 Å². The molecule has 0 spiro atoms. The molecule has 0 radical (unpaired) electrons. The Morgan fingerprint density at radius 2 is 1.17 bits per heavy atom. The van der Waals surface area contributed by atoms with Crippen LogP contribution in [-0.2, 0) is 30.2 Å². The molecule has 0 saturated carbocycles. The molecular weight excluding hydrogens is 458 g/mol. The summed E-state index contributed by atoms with van der Waals surface area (Å²) in [5.74, 6) is -0.621. The Labute approximate surface area is 206 Å². The van der Waals surface area contributed by atoms with E-state index < -0.39 is 47.2 Å². The molecule has 10 nitrogen and oxygen atoms in total. The molecule has 1 unspecified atom stereocenters. The average Bonchev–Trinajstić information content (AvgIpc) is 2.63. The Morgan fingerprint density at radius 3 is 1.54 bits per heavy atom. The molecule has 0 bridgehead atoms. The maximum absolute atomic E-state index is 13.0. The molecule has 0 heterocycles. The normalized spacial score (nSPS) is 12.7. The largest absolute Gasteiger partial charge is 0.514 e. The third kappa shape index (κ3) is 11.1. The summed E-state index contributed by atoms with van der Waals surface area (Å²) in [5.41, 5.74) is -2.02. The Balaban J connectivity index is 3.22. The molecule has 2 amide bonds. The van der Waals surface area contributed by atoms with Crippen LogP contribution in [0.1, 0.15) is 67.9 Å². The van der Waals surface area contributed by atoms with Crippen molar-refractivity contribution in [3.8, 4) is 5.75 Å². The van der Waals surface area contributed by atoms with Crippen LogP contribution >= 0.6 is 0 Å². The summed E-state index contributed by atoms with van der Waals surface area (Å²) in [5, 5.41) is 0. The van der Waals surface area contributed by atoms with Gasteiger partial charge in [0.1, 0.15) is 28.6 Å². The fourth-order valence-electron chi connectivity index (χ4n) is 2.65. The number of imide groups is 1. The van der Waals surface area contributed by atoms with Crippen LogP contribution in [0.25, 0.3) is 0 Å². The van der Waals surface area contributed by atoms with Gasteiger partial charge in [0.2, 0.25) is 0 Å². The van der Waals surface area contributed by atoms with Gasteiger partial charge < -0.3 is 23.7 Å². The smallest absolute Gasteiger partial charge is 0.467 e. The zero-order chi connectivity index (χ0) is 27.2. The summed E-state index contributed by atoms with van der Waals surface area (Å²) < 4.78 is 25.8. The molecular formula is C25H37NO9. The number of esters is 1. The molecule has 1 atom stereocenters. The van der Waals surface area contributed by atoms with Crippen LogP contribution in [-0.4, -0.2) is 59.2 Å². The number of amides is 2. The topological polar surface area (TPSA) is 118 Å². The van der Waals surface area contributed by atoms with Gasteiger partial charge in [-0.15, -0.1) is 0 Å². The molecule has 10 heteroatoms. The molecule has 0 N–H and O–H groups in total. The summed E-state index contributed by atoms with van der Waals surface area (Å²) in [4.78, 5) is 51.1. The van der Waals surface area contributed by atoms with Crippen LogP contribution < -0.4 is 4.74 Å². The highest BCUT2D eigenvalue weighted by Crippen LogP contribution is 2.22. The van der Waals surface area contributed by atoms with Crippen molar-refractivity contribution in [1.29, 1.82) is 0 Å². The number of carbonyl (C=O) groups is 4. The van der Waals surface area contributed by atoms with Crippen LogP contribution in [0.15, 0.2) is 24.3 Å². The lowest BCUT2D eigenvalue weighted by Crippen LogP contribution is -2.53. The molecule has 1 aromatic rings. The minimum absolute atomic E-state index is 0.0993. The van der Waals surface area contributed by atoms with Gasteiger partial charge in [-0.3, -0.25) is 0 Å². The van der Waals surface area contributed by atoms with E-state index in [2.05, 4.69) is 0 Å². The molecule has 0 aliphatic carbocycles. The number of methoxy groups -OCH3 is 1. The molecule has 0 aromatic heterocycles. The maximum Gasteiger partial charge on any atom is 0.514 e. The summed E-state index contributed by atoms with van der Waals surface area (Å²) >= 11 is 0. The second kappa shape index (κ2) is 11.4. The van der Waals surface area contributed by atoms with E-state index in [1.54, 1.807) is 74.4 Å². The fourth-order valence-corrected chi connectivity index (χ4v) is 2.65. The summed E-state index contributed by atoms with van der Waals surface area (Å²) in [6.45, 7) is 14.9. The summed E-state index contributed by atoms with van der Waals surface area (Å²) in [6.07, 6.45) is -3.06. The molecule has 35 heavy (non-hydrogen) atoms. The SMILES string of the molecule is COC(=O)C(Cc1ccc(OC(=O)OC(C)(C)C)cc1)N(C(=O)OC(C)(C)C)C(=O)OC(C)(C)C. The van der Waals surface area contributed by atoms with Crippen molar-refractivity contribution >= 4 is 24.3 Å². The van der Waals surface area contributed by atoms with Crippen LogP contribution in [0.3, 0.4) is 0 Å². The first kappa shape index (κ1) is 29.7. The first-order valence-electron chi connectivity index (χ1n) is 11.1. The van der Waals surface area contributed by atoms with Crippen molar-refractivity contribution < 1.29 is 42.9 Å². The van der Waals surface area contributed by atoms with Crippen molar-refractivity contribution in [2.75, 3.05) is 7.11 Å². The predicted molar refractivity (Wildman–Crippen MR) is 127 cm³/mol. The van der Waals surface area contributed by atoms with Gasteiger partial charge in [0.25, 0.3) is 0 Å². The van der Waals surface area contributed by atoms with E-state index in [4.69, 9.17) is 23.7 Å². The van der Waals surface area contributed by atoms with E-state index >= 15 is 0 Å². The van der Waals surface area contributed by atoms with Gasteiger partial charge in [0, 0.05) is 6.42 Å². The quantitative estimate of drug-likeness (QED) is 0.306. The monoisotopic (exact) mass is 495 g/mol. The lowest BCUT2D eigenvalue weighted by atomic mass is 10.0. The van der Waals surface area contributed by atoms with E-state index in [0.29, 0.717) is 10.5 Å². The molecule has 0 fully saturated rings. The molecule has 196 valence electrons. The van der Waals surface area contributed by atoms with Crippen LogP contribution in [0.5, 0.6) is 5.75 Å². The van der Waals surface area contributed by atoms with Gasteiger partial charge in [-0.2, -0.15) is 4.90 Å². The van der Waals surface area contributed by atoms with E-state index in [1.807, 2.05) is 0 Å². The third-order valence-corrected chi connectivity index (χ3v) is 3.91. The Morgan fingerprint density at radius 1 is 0.743 bits per heavy atom. The standard InChI is InChI=1S/C25H37NO9/c1-23(2,3)33-20(28)26(21(29)34-24(4,5)6)18(19(27)31-10)15-16-11-13-17(14-12-16)32-22(30)35-25(7,8)9/h11-14,18H,15H2,1-10H3. The first-order chi connectivity index (χ1) is 15.8. The van der Waals surface area contributed by atoms with Gasteiger partial charge in [0.15, 0.2) is 0 Å². The molecule has 0 aliphatic heterocycles. The lowest BCUT2D eigenvalue weighted by Gasteiger charge is -2.32.